The van der Waals surface area contributed by atoms with E-state index < -0.39 is 89.3 Å². The number of phenols is 3. The summed E-state index contributed by atoms with van der Waals surface area (Å²) in [7, 11) is 3.90. The smallest absolute Gasteiger partial charge is 0.248 e. The van der Waals surface area contributed by atoms with Crippen molar-refractivity contribution in [3.8, 4) is 28.7 Å². The van der Waals surface area contributed by atoms with E-state index in [-0.39, 0.29) is 35.7 Å². The van der Waals surface area contributed by atoms with Gasteiger partial charge in [0.05, 0.1) is 0 Å². The summed E-state index contributed by atoms with van der Waals surface area (Å²) < 4.78 is 5.96. The molecule has 7 N–H and O–H groups in total. The summed E-state index contributed by atoms with van der Waals surface area (Å²) in [6.45, 7) is 4.12. The van der Waals surface area contributed by atoms with Crippen LogP contribution in [0.1, 0.15) is 43.6 Å². The molecular formula is C39H46N6O11. The number of carbonyl (C=O) groups is 6. The Morgan fingerprint density at radius 3 is 1.96 bits per heavy atom. The number of aliphatic hydroxyl groups is 1. The molecule has 7 atom stereocenters. The number of fused-ring (bicyclic) bond motifs is 7. The minimum Gasteiger partial charge on any atom is -0.504 e. The van der Waals surface area contributed by atoms with Gasteiger partial charge in [0.15, 0.2) is 23.0 Å². The van der Waals surface area contributed by atoms with Gasteiger partial charge in [-0.15, -0.1) is 0 Å². The van der Waals surface area contributed by atoms with Crippen LogP contribution in [0.2, 0.25) is 0 Å². The molecule has 2 heterocycles. The van der Waals surface area contributed by atoms with Crippen LogP contribution in [-0.4, -0.2) is 128 Å². The van der Waals surface area contributed by atoms with Gasteiger partial charge < -0.3 is 55.8 Å². The number of nitrogens with zero attached hydrogens (tertiary/aromatic N) is 3. The van der Waals surface area contributed by atoms with Gasteiger partial charge in [-0.2, -0.15) is 0 Å². The van der Waals surface area contributed by atoms with Crippen molar-refractivity contribution in [2.45, 2.75) is 76.0 Å². The Labute approximate surface area is 322 Å². The van der Waals surface area contributed by atoms with Gasteiger partial charge in [-0.25, -0.2) is 0 Å². The van der Waals surface area contributed by atoms with Crippen molar-refractivity contribution < 1.29 is 53.9 Å². The minimum absolute atomic E-state index is 0.0253. The monoisotopic (exact) mass is 774 g/mol. The van der Waals surface area contributed by atoms with Gasteiger partial charge in [-0.1, -0.05) is 24.3 Å². The van der Waals surface area contributed by atoms with E-state index in [9.17, 15) is 49.2 Å². The van der Waals surface area contributed by atoms with Crippen molar-refractivity contribution in [2.24, 2.45) is 0 Å². The third-order valence-electron chi connectivity index (χ3n) is 10.1. The molecule has 0 radical (unpaired) electrons. The fourth-order valence-electron chi connectivity index (χ4n) is 6.71. The number of ether oxygens (including phenoxy) is 1. The summed E-state index contributed by atoms with van der Waals surface area (Å²) in [6, 6.07) is 6.10. The van der Waals surface area contributed by atoms with Crippen molar-refractivity contribution in [1.82, 2.24) is 30.7 Å². The molecule has 298 valence electrons. The number of phenolic OH excluding ortho intramolecular Hbond substituents is 3. The number of carbonyl (C=O) groups excluding carboxylic acids is 6. The average Bonchev–Trinajstić information content (AvgIpc) is 3.16. The fraction of sp³-hybridized carbons (Fsp3) is 0.385. The number of hydrogen-bond donors (Lipinski definition) is 7. The SMILES string of the molecule is CC1NC(=O)C2Cc3ccc(O)c(c3)Oc3cccc(c3)C(O)C(C(=O)N2C)N(C)C(=O)C(C)NC(=O)C(Cc2ccc(O)c(O)c2)N(C)C(=O)C(C)NC1=O. The maximum absolute atomic E-state index is 14.6. The van der Waals surface area contributed by atoms with Crippen LogP contribution < -0.4 is 20.7 Å². The number of nitrogens with one attached hydrogen (secondary N) is 3. The van der Waals surface area contributed by atoms with Gasteiger partial charge in [0, 0.05) is 34.0 Å². The molecule has 3 aromatic carbocycles. The Morgan fingerprint density at radius 1 is 0.661 bits per heavy atom. The molecule has 17 heteroatoms. The molecule has 7 unspecified atom stereocenters. The molecule has 6 bridgehead atoms. The average molecular weight is 775 g/mol. The second kappa shape index (κ2) is 16.6. The Hall–Kier alpha value is -6.36. The molecule has 6 amide bonds. The Balaban J connectivity index is 1.62. The molecule has 3 aromatic rings. The summed E-state index contributed by atoms with van der Waals surface area (Å²) in [5, 5.41) is 50.2. The van der Waals surface area contributed by atoms with Gasteiger partial charge in [-0.05, 0) is 73.9 Å². The number of hydrogen-bond acceptors (Lipinski definition) is 11. The molecule has 5 rings (SSSR count). The maximum Gasteiger partial charge on any atom is 0.248 e. The van der Waals surface area contributed by atoms with Crippen molar-refractivity contribution in [3.05, 3.63) is 77.4 Å². The van der Waals surface area contributed by atoms with Crippen molar-refractivity contribution in [1.29, 1.82) is 0 Å². The van der Waals surface area contributed by atoms with E-state index in [0.29, 0.717) is 11.1 Å². The molecule has 0 saturated carbocycles. The number of benzene rings is 3. The zero-order valence-electron chi connectivity index (χ0n) is 31.7. The fourth-order valence-corrected chi connectivity index (χ4v) is 6.71. The molecule has 2 aliphatic rings. The quantitative estimate of drug-likeness (QED) is 0.176. The van der Waals surface area contributed by atoms with Gasteiger partial charge in [0.2, 0.25) is 35.4 Å². The molecule has 1 saturated heterocycles. The number of amides is 6. The van der Waals surface area contributed by atoms with Crippen LogP contribution >= 0.6 is 0 Å². The van der Waals surface area contributed by atoms with Crippen LogP contribution in [0.5, 0.6) is 28.7 Å². The molecule has 0 aliphatic carbocycles. The lowest BCUT2D eigenvalue weighted by molar-refractivity contribution is -0.153. The summed E-state index contributed by atoms with van der Waals surface area (Å²) in [5.41, 5.74) is 0.930. The highest BCUT2D eigenvalue weighted by Crippen LogP contribution is 2.35. The van der Waals surface area contributed by atoms with Crippen LogP contribution in [-0.2, 0) is 41.6 Å². The van der Waals surface area contributed by atoms with Crippen LogP contribution in [0.15, 0.2) is 60.7 Å². The predicted molar refractivity (Wildman–Crippen MR) is 199 cm³/mol. The number of likely N-dealkylation sites (N-methyl/N-ethyl adjacent to an activating group) is 3. The molecule has 1 fully saturated rings. The predicted octanol–water partition coefficient (Wildman–Crippen LogP) is 0.437. The third-order valence-corrected chi connectivity index (χ3v) is 10.1. The van der Waals surface area contributed by atoms with Crippen molar-refractivity contribution >= 4 is 35.4 Å². The highest BCUT2D eigenvalue weighted by molar-refractivity contribution is 5.98. The van der Waals surface area contributed by atoms with E-state index in [2.05, 4.69) is 16.0 Å². The van der Waals surface area contributed by atoms with E-state index in [1.54, 1.807) is 12.1 Å². The molecule has 0 spiro atoms. The zero-order valence-corrected chi connectivity index (χ0v) is 31.7. The van der Waals surface area contributed by atoms with Crippen LogP contribution in [0.4, 0.5) is 0 Å². The van der Waals surface area contributed by atoms with Crippen molar-refractivity contribution in [3.63, 3.8) is 0 Å². The molecular weight excluding hydrogens is 728 g/mol. The highest BCUT2D eigenvalue weighted by atomic mass is 16.5. The topological polar surface area (TPSA) is 238 Å². The Morgan fingerprint density at radius 2 is 1.29 bits per heavy atom. The number of aliphatic hydroxyl groups excluding tert-OH is 1. The second-order valence-electron chi connectivity index (χ2n) is 14.2. The summed E-state index contributed by atoms with van der Waals surface area (Å²) in [6.07, 6.45) is -2.08. The normalized spacial score (nSPS) is 25.8. The van der Waals surface area contributed by atoms with Crippen molar-refractivity contribution in [2.75, 3.05) is 21.1 Å². The van der Waals surface area contributed by atoms with Crippen LogP contribution in [0, 0.1) is 0 Å². The summed E-state index contributed by atoms with van der Waals surface area (Å²) >= 11 is 0. The first-order valence-electron chi connectivity index (χ1n) is 17.9. The van der Waals surface area contributed by atoms with Crippen LogP contribution in [0.3, 0.4) is 0 Å². The zero-order chi connectivity index (χ0) is 41.2. The van der Waals surface area contributed by atoms with E-state index in [4.69, 9.17) is 4.74 Å². The molecule has 2 aliphatic heterocycles. The first kappa shape index (κ1) is 40.8. The Bertz CT molecular complexity index is 2040. The van der Waals surface area contributed by atoms with E-state index in [1.807, 2.05) is 0 Å². The third kappa shape index (κ3) is 8.62. The first-order valence-corrected chi connectivity index (χ1v) is 17.9. The number of rotatable bonds is 2. The van der Waals surface area contributed by atoms with E-state index in [0.717, 1.165) is 14.7 Å². The standard InChI is InChI=1S/C39H46N6O11/c1-19-34(50)41-20(2)37(53)43(4)26(14-22-10-12-28(46)30(48)16-22)36(52)42-21(3)38(54)45(6)32-33(49)24-8-7-9-25(18-24)56-31-17-23(11-13-29(31)47)15-27(35(51)40-19)44(5)39(32)55/h7-13,16-21,26-27,32-33,46-49H,14-15H2,1-6H3,(H,40,51)(H,41,50)(H,42,52). The highest BCUT2D eigenvalue weighted by Gasteiger charge is 2.42. The maximum atomic E-state index is 14.6. The van der Waals surface area contributed by atoms with Gasteiger partial charge >= 0.3 is 0 Å². The minimum atomic E-state index is -1.72. The lowest BCUT2D eigenvalue weighted by atomic mass is 9.97. The lowest BCUT2D eigenvalue weighted by Crippen LogP contribution is -2.62. The molecule has 0 aromatic heterocycles. The summed E-state index contributed by atoms with van der Waals surface area (Å²) in [5.74, 6) is -5.63. The molecule has 17 nitrogen and oxygen atoms in total. The van der Waals surface area contributed by atoms with E-state index >= 15 is 0 Å². The second-order valence-corrected chi connectivity index (χ2v) is 14.2. The number of aromatic hydroxyl groups is 3. The van der Waals surface area contributed by atoms with Gasteiger partial charge in [-0.3, -0.25) is 28.8 Å². The molecule has 56 heavy (non-hydrogen) atoms. The lowest BCUT2D eigenvalue weighted by Gasteiger charge is -2.38. The Kier molecular flexibility index (Phi) is 12.1. The van der Waals surface area contributed by atoms with E-state index in [1.165, 1.54) is 90.4 Å². The van der Waals surface area contributed by atoms with Crippen LogP contribution in [0.25, 0.3) is 0 Å². The van der Waals surface area contributed by atoms with Gasteiger partial charge in [0.1, 0.15) is 48.1 Å². The van der Waals surface area contributed by atoms with Gasteiger partial charge in [0.25, 0.3) is 0 Å². The largest absolute Gasteiger partial charge is 0.504 e. The summed E-state index contributed by atoms with van der Waals surface area (Å²) in [4.78, 5) is 87.2. The first-order chi connectivity index (χ1) is 26.4.